The van der Waals surface area contributed by atoms with Crippen LogP contribution in [-0.4, -0.2) is 39.8 Å². The van der Waals surface area contributed by atoms with E-state index in [0.717, 1.165) is 5.56 Å². The van der Waals surface area contributed by atoms with Crippen LogP contribution in [0.1, 0.15) is 24.4 Å². The number of aromatic nitrogens is 3. The summed E-state index contributed by atoms with van der Waals surface area (Å²) in [6.45, 7) is 1.82. The first kappa shape index (κ1) is 22.4. The normalized spacial score (nSPS) is 11.9. The third-order valence-electron chi connectivity index (χ3n) is 4.22. The van der Waals surface area contributed by atoms with Crippen LogP contribution >= 0.6 is 35.0 Å². The summed E-state index contributed by atoms with van der Waals surface area (Å²) in [5.74, 6) is 0.797. The number of hydrogen-bond acceptors (Lipinski definition) is 4. The molecular weight excluding hydrogens is 448 g/mol. The molecule has 0 aliphatic rings. The minimum absolute atomic E-state index is 0.250. The summed E-state index contributed by atoms with van der Waals surface area (Å²) in [6, 6.07) is 10.7. The molecular formula is C20H20Cl2FN5OS. The fraction of sp³-hybridized carbons (Fsp3) is 0.250. The van der Waals surface area contributed by atoms with Gasteiger partial charge in [0.25, 0.3) is 0 Å². The fourth-order valence-electron chi connectivity index (χ4n) is 2.65. The number of hydrogen-bond donors (Lipinski definition) is 1. The Kier molecular flexibility index (Phi) is 7.23. The van der Waals surface area contributed by atoms with Crippen molar-refractivity contribution >= 4 is 41.0 Å². The SMILES string of the molecule is CC(NC(=O)N(C)C)c1nnc(SCc2ccc(F)cc2)n1-c1ccc(Cl)cc1Cl. The Hall–Kier alpha value is -2.29. The molecule has 3 aromatic rings. The van der Waals surface area contributed by atoms with Crippen LogP contribution in [-0.2, 0) is 5.75 Å². The number of benzene rings is 2. The van der Waals surface area contributed by atoms with Crippen molar-refractivity contribution in [2.24, 2.45) is 0 Å². The van der Waals surface area contributed by atoms with Gasteiger partial charge in [0, 0.05) is 24.9 Å². The molecule has 10 heteroatoms. The molecule has 2 aromatic carbocycles. The first-order valence-electron chi connectivity index (χ1n) is 9.02. The number of rotatable bonds is 6. The third-order valence-corrected chi connectivity index (χ3v) is 5.76. The van der Waals surface area contributed by atoms with Crippen molar-refractivity contribution in [1.29, 1.82) is 0 Å². The molecule has 1 heterocycles. The van der Waals surface area contributed by atoms with Crippen LogP contribution in [0.2, 0.25) is 10.0 Å². The Morgan fingerprint density at radius 1 is 1.20 bits per heavy atom. The van der Waals surface area contributed by atoms with Gasteiger partial charge in [-0.15, -0.1) is 10.2 Å². The molecule has 1 N–H and O–H groups in total. The van der Waals surface area contributed by atoms with E-state index >= 15 is 0 Å². The fourth-order valence-corrected chi connectivity index (χ4v) is 4.05. The van der Waals surface area contributed by atoms with Crippen LogP contribution in [0.15, 0.2) is 47.6 Å². The predicted molar refractivity (Wildman–Crippen MR) is 118 cm³/mol. The lowest BCUT2D eigenvalue weighted by Crippen LogP contribution is -2.37. The number of halogens is 3. The van der Waals surface area contributed by atoms with E-state index in [1.807, 2.05) is 6.92 Å². The molecule has 0 spiro atoms. The number of nitrogens with zero attached hydrogens (tertiary/aromatic N) is 4. The highest BCUT2D eigenvalue weighted by molar-refractivity contribution is 7.98. The summed E-state index contributed by atoms with van der Waals surface area (Å²) < 4.78 is 15.0. The van der Waals surface area contributed by atoms with E-state index in [2.05, 4.69) is 15.5 Å². The molecule has 3 rings (SSSR count). The Morgan fingerprint density at radius 3 is 2.53 bits per heavy atom. The van der Waals surface area contributed by atoms with E-state index in [1.165, 1.54) is 28.8 Å². The monoisotopic (exact) mass is 467 g/mol. The van der Waals surface area contributed by atoms with Gasteiger partial charge in [0.2, 0.25) is 0 Å². The van der Waals surface area contributed by atoms with Crippen molar-refractivity contribution in [3.63, 3.8) is 0 Å². The van der Waals surface area contributed by atoms with Gasteiger partial charge in [-0.25, -0.2) is 9.18 Å². The van der Waals surface area contributed by atoms with Gasteiger partial charge < -0.3 is 10.2 Å². The van der Waals surface area contributed by atoms with E-state index in [4.69, 9.17) is 23.2 Å². The summed E-state index contributed by atoms with van der Waals surface area (Å²) in [7, 11) is 3.32. The maximum Gasteiger partial charge on any atom is 0.317 e. The number of carbonyl (C=O) groups excluding carboxylic acids is 1. The summed E-state index contributed by atoms with van der Waals surface area (Å²) in [5.41, 5.74) is 1.59. The van der Waals surface area contributed by atoms with Crippen molar-refractivity contribution < 1.29 is 9.18 Å². The Balaban J connectivity index is 1.96. The summed E-state index contributed by atoms with van der Waals surface area (Å²) >= 11 is 13.9. The molecule has 6 nitrogen and oxygen atoms in total. The number of nitrogens with one attached hydrogen (secondary N) is 1. The smallest absolute Gasteiger partial charge is 0.317 e. The van der Waals surface area contributed by atoms with Crippen LogP contribution in [0.4, 0.5) is 9.18 Å². The zero-order valence-corrected chi connectivity index (χ0v) is 18.9. The minimum Gasteiger partial charge on any atom is -0.331 e. The highest BCUT2D eigenvalue weighted by Gasteiger charge is 2.23. The van der Waals surface area contributed by atoms with Crippen LogP contribution in [0.25, 0.3) is 5.69 Å². The zero-order chi connectivity index (χ0) is 21.8. The summed E-state index contributed by atoms with van der Waals surface area (Å²) in [5, 5.41) is 13.0. The predicted octanol–water partition coefficient (Wildman–Crippen LogP) is 5.34. The molecule has 0 radical (unpaired) electrons. The van der Waals surface area contributed by atoms with Gasteiger partial charge in [0.15, 0.2) is 11.0 Å². The standard InChI is InChI=1S/C20H20Cl2FN5OS/c1-12(24-19(29)27(2)3)18-25-26-20(30-11-13-4-7-15(23)8-5-13)28(18)17-9-6-14(21)10-16(17)22/h4-10,12H,11H2,1-3H3,(H,24,29). The molecule has 0 fully saturated rings. The highest BCUT2D eigenvalue weighted by Crippen LogP contribution is 2.32. The molecule has 1 aromatic heterocycles. The molecule has 0 saturated heterocycles. The average Bonchev–Trinajstić information content (AvgIpc) is 3.11. The molecule has 1 unspecified atom stereocenters. The molecule has 2 amide bonds. The quantitative estimate of drug-likeness (QED) is 0.497. The first-order chi connectivity index (χ1) is 14.3. The van der Waals surface area contributed by atoms with Crippen molar-refractivity contribution in [2.45, 2.75) is 23.9 Å². The molecule has 158 valence electrons. The van der Waals surface area contributed by atoms with Gasteiger partial charge in [-0.2, -0.15) is 0 Å². The summed E-state index contributed by atoms with van der Waals surface area (Å²) in [6.07, 6.45) is 0. The van der Waals surface area contributed by atoms with Gasteiger partial charge in [0.05, 0.1) is 16.8 Å². The number of amides is 2. The van der Waals surface area contributed by atoms with Crippen LogP contribution in [0.3, 0.4) is 0 Å². The number of carbonyl (C=O) groups is 1. The van der Waals surface area contributed by atoms with E-state index in [0.29, 0.717) is 32.5 Å². The van der Waals surface area contributed by atoms with Crippen LogP contribution < -0.4 is 5.32 Å². The number of urea groups is 1. The topological polar surface area (TPSA) is 63.1 Å². The van der Waals surface area contributed by atoms with Crippen LogP contribution in [0.5, 0.6) is 0 Å². The lowest BCUT2D eigenvalue weighted by atomic mass is 10.2. The van der Waals surface area contributed by atoms with Crippen LogP contribution in [0, 0.1) is 5.82 Å². The van der Waals surface area contributed by atoms with E-state index < -0.39 is 6.04 Å². The lowest BCUT2D eigenvalue weighted by molar-refractivity contribution is 0.213. The van der Waals surface area contributed by atoms with Crippen molar-refractivity contribution in [2.75, 3.05) is 14.1 Å². The molecule has 30 heavy (non-hydrogen) atoms. The van der Waals surface area contributed by atoms with Crippen molar-refractivity contribution in [1.82, 2.24) is 25.0 Å². The molecule has 0 saturated carbocycles. The third kappa shape index (κ3) is 5.24. The largest absolute Gasteiger partial charge is 0.331 e. The number of thioether (sulfide) groups is 1. The Labute approximate surface area is 188 Å². The maximum absolute atomic E-state index is 13.2. The van der Waals surface area contributed by atoms with Gasteiger partial charge in [-0.1, -0.05) is 47.1 Å². The van der Waals surface area contributed by atoms with E-state index in [1.54, 1.807) is 49.0 Å². The van der Waals surface area contributed by atoms with Gasteiger partial charge >= 0.3 is 6.03 Å². The Bertz CT molecular complexity index is 1040. The van der Waals surface area contributed by atoms with Crippen molar-refractivity contribution in [3.8, 4) is 5.69 Å². The highest BCUT2D eigenvalue weighted by atomic mass is 35.5. The van der Waals surface area contributed by atoms with E-state index in [-0.39, 0.29) is 11.8 Å². The van der Waals surface area contributed by atoms with Gasteiger partial charge in [-0.3, -0.25) is 4.57 Å². The molecule has 0 bridgehead atoms. The second-order valence-corrected chi connectivity index (χ2v) is 8.54. The molecule has 1 atom stereocenters. The summed E-state index contributed by atoms with van der Waals surface area (Å²) in [4.78, 5) is 13.6. The second kappa shape index (κ2) is 9.68. The van der Waals surface area contributed by atoms with E-state index in [9.17, 15) is 9.18 Å². The molecule has 0 aliphatic heterocycles. The van der Waals surface area contributed by atoms with Crippen molar-refractivity contribution in [3.05, 3.63) is 69.7 Å². The minimum atomic E-state index is -0.431. The Morgan fingerprint density at radius 2 is 1.90 bits per heavy atom. The second-order valence-electron chi connectivity index (χ2n) is 6.75. The molecule has 0 aliphatic carbocycles. The lowest BCUT2D eigenvalue weighted by Gasteiger charge is -2.19. The zero-order valence-electron chi connectivity index (χ0n) is 16.6. The first-order valence-corrected chi connectivity index (χ1v) is 10.8. The van der Waals surface area contributed by atoms with Gasteiger partial charge in [-0.05, 0) is 42.8 Å². The maximum atomic E-state index is 13.2. The average molecular weight is 468 g/mol. The van der Waals surface area contributed by atoms with Gasteiger partial charge in [0.1, 0.15) is 5.82 Å².